The van der Waals surface area contributed by atoms with Gasteiger partial charge in [-0.15, -0.1) is 52.1 Å². The molecule has 456 valence electrons. The van der Waals surface area contributed by atoms with Crippen molar-refractivity contribution in [2.24, 2.45) is 42.3 Å². The van der Waals surface area contributed by atoms with E-state index in [0.29, 0.717) is 11.8 Å². The first-order chi connectivity index (χ1) is 39.4. The molecule has 0 saturated heterocycles. The predicted molar refractivity (Wildman–Crippen MR) is 340 cm³/mol. The molecule has 0 aliphatic rings. The second kappa shape index (κ2) is 42.6. The maximum atomic E-state index is 4.86. The molecule has 0 unspecified atom stereocenters. The van der Waals surface area contributed by atoms with Gasteiger partial charge in [0.2, 0.25) is 11.8 Å². The third kappa shape index (κ3) is 29.4. The van der Waals surface area contributed by atoms with Crippen molar-refractivity contribution in [3.8, 4) is 0 Å². The largest absolute Gasteiger partial charge is 0.426 e. The summed E-state index contributed by atoms with van der Waals surface area (Å²) in [6.07, 6.45) is 7.43. The lowest BCUT2D eigenvalue weighted by Crippen LogP contribution is -1.97. The van der Waals surface area contributed by atoms with Crippen molar-refractivity contribution in [2.45, 2.75) is 159 Å². The number of hydrogen-bond acceptors (Lipinski definition) is 17. The summed E-state index contributed by atoms with van der Waals surface area (Å²) >= 11 is 1.62. The zero-order valence-electron chi connectivity index (χ0n) is 55.6. The summed E-state index contributed by atoms with van der Waals surface area (Å²) in [4.78, 5) is 28.7. The van der Waals surface area contributed by atoms with Gasteiger partial charge in [0.05, 0.1) is 22.1 Å². The van der Waals surface area contributed by atoms with Crippen LogP contribution in [0.4, 0.5) is 0 Å². The predicted octanol–water partition coefficient (Wildman–Crippen LogP) is 12.8. The van der Waals surface area contributed by atoms with Gasteiger partial charge in [-0.2, -0.15) is 0 Å². The fourth-order valence-corrected chi connectivity index (χ4v) is 6.60. The zero-order valence-corrected chi connectivity index (χ0v) is 56.5. The van der Waals surface area contributed by atoms with Gasteiger partial charge in [-0.25, -0.2) is 34.9 Å². The Bertz CT molecular complexity index is 3050. The Kier molecular flexibility index (Phi) is 39.5. The molecule has 0 fully saturated rings. The molecule has 11 aromatic rings. The molecule has 0 radical (unpaired) electrons. The molecule has 0 spiro atoms. The molecule has 0 aliphatic carbocycles. The normalized spacial score (nSPS) is 9.27. The van der Waals surface area contributed by atoms with Crippen LogP contribution in [0.2, 0.25) is 0 Å². The summed E-state index contributed by atoms with van der Waals surface area (Å²) < 4.78 is 16.9. The first-order valence-electron chi connectivity index (χ1n) is 27.9. The van der Waals surface area contributed by atoms with Gasteiger partial charge in [0, 0.05) is 80.9 Å². The average Bonchev–Trinajstić information content (AvgIpc) is 4.55. The van der Waals surface area contributed by atoms with E-state index in [9.17, 15) is 0 Å². The fraction of sp³-hybridized carbons (Fsp3) is 0.483. The maximum absolute atomic E-state index is 4.86. The molecule has 0 aliphatic heterocycles. The van der Waals surface area contributed by atoms with Crippen LogP contribution in [0.15, 0.2) is 77.7 Å². The molecule has 22 nitrogen and oxygen atoms in total. The van der Waals surface area contributed by atoms with E-state index in [4.69, 9.17) is 4.42 Å². The molecule has 0 atom stereocenters. The lowest BCUT2D eigenvalue weighted by Gasteiger charge is -1.94. The number of rotatable bonds is 0. The number of imidazole rings is 4. The van der Waals surface area contributed by atoms with E-state index in [-0.39, 0.29) is 0 Å². The summed E-state index contributed by atoms with van der Waals surface area (Å²) in [5.41, 5.74) is 4.55. The minimum atomic E-state index is 0.623. The second-order valence-electron chi connectivity index (χ2n) is 16.9. The smallest absolute Gasteiger partial charge is 0.213 e. The van der Waals surface area contributed by atoms with Crippen molar-refractivity contribution in [1.82, 2.24) is 103 Å². The number of benzene rings is 2. The van der Waals surface area contributed by atoms with E-state index in [1.165, 1.54) is 11.0 Å². The number of para-hydroxylation sites is 4. The lowest BCUT2D eigenvalue weighted by molar-refractivity contribution is 0.489. The summed E-state index contributed by atoms with van der Waals surface area (Å²) in [6, 6.07) is 16.3. The van der Waals surface area contributed by atoms with Gasteiger partial charge in [0.1, 0.15) is 74.1 Å². The SMILES string of the molecule is CC.CC.CC.CC.Cc1nc(C)nc(C)n1.Cc1nc2ccccc2n1C.Cc1nc2ccccc2n1C.Cc1nccn1C.Cc1nccn1C.Cc1nnc(C)n1C.Cc1nnc(C)n1C.Cc1nnc(C)o1.Cc1nnc(C)s1. The van der Waals surface area contributed by atoms with Gasteiger partial charge < -0.3 is 31.8 Å². The van der Waals surface area contributed by atoms with Crippen molar-refractivity contribution in [1.29, 1.82) is 0 Å². The summed E-state index contributed by atoms with van der Waals surface area (Å²) in [5.74, 6) is 11.7. The highest BCUT2D eigenvalue weighted by atomic mass is 32.1. The Morgan fingerprint density at radius 3 is 0.783 bits per heavy atom. The van der Waals surface area contributed by atoms with E-state index in [1.54, 1.807) is 37.6 Å². The average molecular weight is 1160 g/mol. The molecular weight excluding hydrogens is 1060 g/mol. The van der Waals surface area contributed by atoms with E-state index in [2.05, 4.69) is 96.9 Å². The Morgan fingerprint density at radius 1 is 0.325 bits per heavy atom. The third-order valence-corrected chi connectivity index (χ3v) is 11.7. The van der Waals surface area contributed by atoms with Crippen LogP contribution in [0.3, 0.4) is 0 Å². The molecule has 0 N–H and O–H groups in total. The third-order valence-electron chi connectivity index (χ3n) is 11.0. The van der Waals surface area contributed by atoms with E-state index >= 15 is 0 Å². The minimum absolute atomic E-state index is 0.623. The van der Waals surface area contributed by atoms with Crippen molar-refractivity contribution in [3.05, 3.63) is 159 Å². The first-order valence-corrected chi connectivity index (χ1v) is 28.7. The summed E-state index contributed by atoms with van der Waals surface area (Å²) in [5, 5.41) is 32.2. The second-order valence-corrected chi connectivity index (χ2v) is 18.3. The van der Waals surface area contributed by atoms with Gasteiger partial charge in [-0.3, -0.25) is 0 Å². The molecule has 23 heteroatoms. The molecule has 9 heterocycles. The highest BCUT2D eigenvalue weighted by Gasteiger charge is 2.02. The van der Waals surface area contributed by atoms with Crippen molar-refractivity contribution in [3.63, 3.8) is 0 Å². The van der Waals surface area contributed by atoms with Gasteiger partial charge in [0.15, 0.2) is 0 Å². The number of fused-ring (bicyclic) bond motifs is 2. The number of nitrogens with zero attached hydrogens (tertiary/aromatic N) is 21. The highest BCUT2D eigenvalue weighted by molar-refractivity contribution is 7.11. The van der Waals surface area contributed by atoms with Crippen LogP contribution >= 0.6 is 11.3 Å². The fourth-order valence-electron chi connectivity index (χ4n) is 6.01. The van der Waals surface area contributed by atoms with Crippen molar-refractivity contribution < 1.29 is 4.42 Å². The molecule has 0 saturated carbocycles. The minimum Gasteiger partial charge on any atom is -0.426 e. The maximum Gasteiger partial charge on any atom is 0.213 e. The molecular formula is C60H99N21OS. The number of aromatic nitrogens is 21. The quantitative estimate of drug-likeness (QED) is 0.137. The number of hydrogen-bond donors (Lipinski definition) is 0. The molecule has 2 aromatic carbocycles. The van der Waals surface area contributed by atoms with Crippen LogP contribution in [0.25, 0.3) is 22.1 Å². The van der Waals surface area contributed by atoms with Crippen LogP contribution in [-0.4, -0.2) is 103 Å². The van der Waals surface area contributed by atoms with Crippen LogP contribution in [-0.2, 0) is 42.3 Å². The van der Waals surface area contributed by atoms with Crippen LogP contribution in [0, 0.1) is 104 Å². The Balaban J connectivity index is 0. The van der Waals surface area contributed by atoms with Gasteiger partial charge in [-0.1, -0.05) is 79.7 Å². The molecule has 0 bridgehead atoms. The first kappa shape index (κ1) is 76.9. The topological polar surface area (TPSA) is 236 Å². The molecule has 11 rings (SSSR count). The molecule has 9 aromatic heterocycles. The Hall–Kier alpha value is -8.21. The van der Waals surface area contributed by atoms with Crippen molar-refractivity contribution in [2.75, 3.05) is 0 Å². The summed E-state index contributed by atoms with van der Waals surface area (Å²) in [6.45, 7) is 44.7. The van der Waals surface area contributed by atoms with Crippen molar-refractivity contribution >= 4 is 33.4 Å². The van der Waals surface area contributed by atoms with E-state index in [1.807, 2.05) is 255 Å². The molecule has 83 heavy (non-hydrogen) atoms. The van der Waals surface area contributed by atoms with Gasteiger partial charge in [-0.05, 0) is 114 Å². The Labute approximate surface area is 499 Å². The summed E-state index contributed by atoms with van der Waals surface area (Å²) in [7, 11) is 11.9. The van der Waals surface area contributed by atoms with Crippen LogP contribution < -0.4 is 0 Å². The highest BCUT2D eigenvalue weighted by Crippen LogP contribution is 2.14. The van der Waals surface area contributed by atoms with Crippen LogP contribution in [0.5, 0.6) is 0 Å². The molecule has 0 amide bonds. The standard InChI is InChI=1S/2C9H10N2.C6H9N3.2C5H9N3.2C5H8N2.C4H6N2O.C4H6N2S.4C2H6/c2*1-7-10-8-5-3-4-6-9(8)11(7)2;1-4-7-5(2)9-6(3)8-4;2*1-4-6-7-5(2)8(4)3;2*1-5-6-3-4-7(5)2;2*1-3-5-6-4(2)7-3;4*1-2/h2*3-6H,1-2H3;1-3H3;2*1-3H3;2*3-4H,1-2H3;2*1-2H3;4*1-2H3. The van der Waals surface area contributed by atoms with Crippen LogP contribution in [0.1, 0.15) is 141 Å². The van der Waals surface area contributed by atoms with Gasteiger partial charge >= 0.3 is 0 Å². The monoisotopic (exact) mass is 1160 g/mol. The lowest BCUT2D eigenvalue weighted by atomic mass is 10.3. The zero-order chi connectivity index (χ0) is 63.9. The van der Waals surface area contributed by atoms with E-state index < -0.39 is 0 Å². The van der Waals surface area contributed by atoms with E-state index in [0.717, 1.165) is 85.1 Å². The Morgan fingerprint density at radius 2 is 0.614 bits per heavy atom. The number of aryl methyl sites for hydroxylation is 19. The van der Waals surface area contributed by atoms with Gasteiger partial charge in [0.25, 0.3) is 0 Å².